The summed E-state index contributed by atoms with van der Waals surface area (Å²) in [6, 6.07) is 1.54. The van der Waals surface area contributed by atoms with E-state index in [0.717, 1.165) is 0 Å². The number of amidine groups is 1. The zero-order valence-electron chi connectivity index (χ0n) is 10.1. The second kappa shape index (κ2) is 8.20. The van der Waals surface area contributed by atoms with Crippen LogP contribution in [0.2, 0.25) is 0 Å². The Kier molecular flexibility index (Phi) is 6.44. The molecule has 3 N–H and O–H groups in total. The number of nitrogens with zero attached hydrogens (tertiary/aromatic N) is 3. The summed E-state index contributed by atoms with van der Waals surface area (Å²) in [4.78, 5) is 0. The SMILES string of the molecule is COCCOCCOc1nnccc1/C(N)=N/O. The highest BCUT2D eigenvalue weighted by Crippen LogP contribution is 2.12. The Balaban J connectivity index is 2.42. The molecular weight excluding hydrogens is 240 g/mol. The molecule has 8 nitrogen and oxygen atoms in total. The molecule has 8 heteroatoms. The maximum absolute atomic E-state index is 8.60. The van der Waals surface area contributed by atoms with Crippen LogP contribution in [0.25, 0.3) is 0 Å². The lowest BCUT2D eigenvalue weighted by molar-refractivity contribution is 0.0535. The zero-order chi connectivity index (χ0) is 13.2. The molecule has 1 aromatic rings. The van der Waals surface area contributed by atoms with Gasteiger partial charge in [0.2, 0.25) is 5.88 Å². The van der Waals surface area contributed by atoms with Crippen LogP contribution in [-0.4, -0.2) is 54.8 Å². The molecule has 0 bridgehead atoms. The van der Waals surface area contributed by atoms with Gasteiger partial charge in [0, 0.05) is 7.11 Å². The van der Waals surface area contributed by atoms with Crippen LogP contribution in [0.4, 0.5) is 0 Å². The molecule has 0 aliphatic carbocycles. The molecule has 0 saturated heterocycles. The van der Waals surface area contributed by atoms with Crippen LogP contribution in [0.3, 0.4) is 0 Å². The number of nitrogens with two attached hydrogens (primary N) is 1. The third-order valence-corrected chi connectivity index (χ3v) is 1.97. The Hall–Kier alpha value is -1.93. The number of aromatic nitrogens is 2. The normalized spacial score (nSPS) is 11.5. The summed E-state index contributed by atoms with van der Waals surface area (Å²) in [5.74, 6) is 0.114. The predicted molar refractivity (Wildman–Crippen MR) is 62.7 cm³/mol. The molecule has 0 radical (unpaired) electrons. The number of hydrogen-bond donors (Lipinski definition) is 2. The van der Waals surface area contributed by atoms with E-state index in [-0.39, 0.29) is 18.3 Å². The monoisotopic (exact) mass is 256 g/mol. The Morgan fingerprint density at radius 3 is 2.89 bits per heavy atom. The van der Waals surface area contributed by atoms with Crippen molar-refractivity contribution in [1.29, 1.82) is 0 Å². The second-order valence-electron chi connectivity index (χ2n) is 3.19. The van der Waals surface area contributed by atoms with Crippen LogP contribution < -0.4 is 10.5 Å². The van der Waals surface area contributed by atoms with Crippen molar-refractivity contribution in [3.05, 3.63) is 17.8 Å². The van der Waals surface area contributed by atoms with E-state index in [9.17, 15) is 0 Å². The molecule has 1 aromatic heterocycles. The fourth-order valence-corrected chi connectivity index (χ4v) is 1.12. The van der Waals surface area contributed by atoms with E-state index in [1.54, 1.807) is 13.2 Å². The molecule has 0 aliphatic heterocycles. The van der Waals surface area contributed by atoms with Crippen molar-refractivity contribution < 1.29 is 19.4 Å². The van der Waals surface area contributed by atoms with E-state index in [1.165, 1.54) is 6.20 Å². The number of ether oxygens (including phenoxy) is 3. The molecule has 0 fully saturated rings. The first kappa shape index (κ1) is 14.1. The first-order valence-electron chi connectivity index (χ1n) is 5.28. The van der Waals surface area contributed by atoms with Gasteiger partial charge >= 0.3 is 0 Å². The minimum absolute atomic E-state index is 0.0831. The van der Waals surface area contributed by atoms with Gasteiger partial charge in [-0.3, -0.25) is 0 Å². The van der Waals surface area contributed by atoms with Crippen LogP contribution in [-0.2, 0) is 9.47 Å². The van der Waals surface area contributed by atoms with E-state index in [2.05, 4.69) is 15.4 Å². The van der Waals surface area contributed by atoms with Crippen LogP contribution in [0.5, 0.6) is 5.88 Å². The second-order valence-corrected chi connectivity index (χ2v) is 3.19. The Morgan fingerprint density at radius 1 is 1.39 bits per heavy atom. The van der Waals surface area contributed by atoms with Gasteiger partial charge in [-0.05, 0) is 6.07 Å². The molecule has 0 aliphatic rings. The van der Waals surface area contributed by atoms with Crippen molar-refractivity contribution in [2.45, 2.75) is 0 Å². The maximum Gasteiger partial charge on any atom is 0.244 e. The summed E-state index contributed by atoms with van der Waals surface area (Å²) >= 11 is 0. The minimum atomic E-state index is -0.0831. The first-order chi connectivity index (χ1) is 8.79. The highest BCUT2D eigenvalue weighted by Gasteiger charge is 2.09. The first-order valence-corrected chi connectivity index (χ1v) is 5.28. The third-order valence-electron chi connectivity index (χ3n) is 1.97. The Morgan fingerprint density at radius 2 is 2.17 bits per heavy atom. The van der Waals surface area contributed by atoms with Gasteiger partial charge < -0.3 is 25.2 Å². The molecule has 1 heterocycles. The van der Waals surface area contributed by atoms with E-state index >= 15 is 0 Å². The lowest BCUT2D eigenvalue weighted by Crippen LogP contribution is -2.17. The lowest BCUT2D eigenvalue weighted by Gasteiger charge is -2.08. The molecular formula is C10H16N4O4. The van der Waals surface area contributed by atoms with Gasteiger partial charge in [-0.2, -0.15) is 5.10 Å². The van der Waals surface area contributed by atoms with E-state index < -0.39 is 0 Å². The highest BCUT2D eigenvalue weighted by molar-refractivity contribution is 5.98. The quantitative estimate of drug-likeness (QED) is 0.214. The fraction of sp³-hybridized carbons (Fsp3) is 0.500. The van der Waals surface area contributed by atoms with Crippen molar-refractivity contribution in [2.75, 3.05) is 33.5 Å². The van der Waals surface area contributed by atoms with Crippen molar-refractivity contribution in [2.24, 2.45) is 10.9 Å². The van der Waals surface area contributed by atoms with Crippen molar-refractivity contribution in [3.8, 4) is 5.88 Å². The summed E-state index contributed by atoms with van der Waals surface area (Å²) in [6.45, 7) is 1.69. The summed E-state index contributed by atoms with van der Waals surface area (Å²) < 4.78 is 15.4. The molecule has 100 valence electrons. The minimum Gasteiger partial charge on any atom is -0.474 e. The molecule has 0 atom stereocenters. The van der Waals surface area contributed by atoms with Crippen molar-refractivity contribution >= 4 is 5.84 Å². The Labute approximate surface area is 104 Å². The summed E-state index contributed by atoms with van der Waals surface area (Å²) in [7, 11) is 1.60. The summed E-state index contributed by atoms with van der Waals surface area (Å²) in [6.07, 6.45) is 1.43. The smallest absolute Gasteiger partial charge is 0.244 e. The molecule has 1 rings (SSSR count). The number of oxime groups is 1. The average Bonchev–Trinajstić information content (AvgIpc) is 2.42. The fourth-order valence-electron chi connectivity index (χ4n) is 1.12. The van der Waals surface area contributed by atoms with E-state index in [0.29, 0.717) is 25.4 Å². The lowest BCUT2D eigenvalue weighted by atomic mass is 10.3. The van der Waals surface area contributed by atoms with Gasteiger partial charge in [0.05, 0.1) is 31.6 Å². The van der Waals surface area contributed by atoms with Gasteiger partial charge in [-0.15, -0.1) is 5.10 Å². The molecule has 18 heavy (non-hydrogen) atoms. The summed E-state index contributed by atoms with van der Waals surface area (Å²) in [5.41, 5.74) is 5.85. The number of rotatable bonds is 8. The molecule has 0 unspecified atom stereocenters. The van der Waals surface area contributed by atoms with Gasteiger partial charge in [0.25, 0.3) is 0 Å². The molecule has 0 spiro atoms. The van der Waals surface area contributed by atoms with Gasteiger partial charge in [-0.1, -0.05) is 5.16 Å². The van der Waals surface area contributed by atoms with Crippen LogP contribution >= 0.6 is 0 Å². The van der Waals surface area contributed by atoms with E-state index in [1.807, 2.05) is 0 Å². The van der Waals surface area contributed by atoms with Gasteiger partial charge in [0.15, 0.2) is 5.84 Å². The molecule has 0 saturated carbocycles. The maximum atomic E-state index is 8.60. The third kappa shape index (κ3) is 4.52. The highest BCUT2D eigenvalue weighted by atomic mass is 16.5. The predicted octanol–water partition coefficient (Wildman–Crippen LogP) is -0.387. The van der Waals surface area contributed by atoms with E-state index in [4.69, 9.17) is 25.2 Å². The largest absolute Gasteiger partial charge is 0.474 e. The summed E-state index contributed by atoms with van der Waals surface area (Å²) in [5, 5.41) is 18.9. The van der Waals surface area contributed by atoms with Crippen molar-refractivity contribution in [1.82, 2.24) is 10.2 Å². The van der Waals surface area contributed by atoms with Crippen LogP contribution in [0.15, 0.2) is 17.4 Å². The van der Waals surface area contributed by atoms with Gasteiger partial charge in [0.1, 0.15) is 6.61 Å². The number of hydrogen-bond acceptors (Lipinski definition) is 7. The van der Waals surface area contributed by atoms with Gasteiger partial charge in [-0.25, -0.2) is 0 Å². The topological polar surface area (TPSA) is 112 Å². The van der Waals surface area contributed by atoms with Crippen molar-refractivity contribution in [3.63, 3.8) is 0 Å². The zero-order valence-corrected chi connectivity index (χ0v) is 10.1. The number of methoxy groups -OCH3 is 1. The van der Waals surface area contributed by atoms with Crippen LogP contribution in [0.1, 0.15) is 5.56 Å². The molecule has 0 aromatic carbocycles. The Bertz CT molecular complexity index is 386. The average molecular weight is 256 g/mol. The molecule has 0 amide bonds. The standard InChI is InChI=1S/C10H16N4O4/c1-16-4-5-17-6-7-18-10-8(9(11)14-15)2-3-12-13-10/h2-3,15H,4-7H2,1H3,(H2,11,14). The van der Waals surface area contributed by atoms with Crippen LogP contribution in [0, 0.1) is 0 Å².